The monoisotopic (exact) mass is 87.1 g/mol. The molecular formula is C6H11. The van der Waals surface area contributed by atoms with Gasteiger partial charge in [0.25, 0.3) is 0 Å². The van der Waals surface area contributed by atoms with Crippen molar-refractivity contribution in [3.8, 4) is 0 Å². The number of hydrogen-bond donors (Lipinski definition) is 0. The lowest BCUT2D eigenvalue weighted by molar-refractivity contribution is 0.593. The maximum absolute atomic E-state index is 7.29. The SMILES string of the molecule is [2H][C]1CCCC([2H])C1([2H])[2H]. The van der Waals surface area contributed by atoms with E-state index in [0.29, 0.717) is 12.8 Å². The van der Waals surface area contributed by atoms with Crippen molar-refractivity contribution in [2.75, 3.05) is 0 Å². The molecule has 0 heteroatoms. The molecule has 1 aliphatic rings. The first-order valence-corrected chi connectivity index (χ1v) is 2.30. The van der Waals surface area contributed by atoms with Crippen LogP contribution in [0.4, 0.5) is 0 Å². The summed E-state index contributed by atoms with van der Waals surface area (Å²) >= 11 is 0. The Hall–Kier alpha value is 0. The Morgan fingerprint density at radius 2 is 2.67 bits per heavy atom. The lowest BCUT2D eigenvalue weighted by Gasteiger charge is -2.05. The lowest BCUT2D eigenvalue weighted by atomic mass is 10.0. The van der Waals surface area contributed by atoms with Gasteiger partial charge in [-0.1, -0.05) is 32.0 Å². The molecule has 0 aromatic heterocycles. The highest BCUT2D eigenvalue weighted by Gasteiger charge is 1.95. The molecular weight excluding hydrogens is 72.1 g/mol. The van der Waals surface area contributed by atoms with Crippen LogP contribution in [0.15, 0.2) is 0 Å². The Morgan fingerprint density at radius 3 is 3.33 bits per heavy atom. The van der Waals surface area contributed by atoms with Gasteiger partial charge >= 0.3 is 0 Å². The smallest absolute Gasteiger partial charge is 0.0306 e. The first-order chi connectivity index (χ1) is 4.55. The quantitative estimate of drug-likeness (QED) is 0.424. The third-order valence-corrected chi connectivity index (χ3v) is 0.854. The van der Waals surface area contributed by atoms with Crippen LogP contribution in [0, 0.1) is 6.40 Å². The fourth-order valence-electron chi connectivity index (χ4n) is 0.509. The van der Waals surface area contributed by atoms with Crippen molar-refractivity contribution in [1.82, 2.24) is 0 Å². The molecule has 0 N–H and O–H groups in total. The molecule has 0 aromatic rings. The standard InChI is InChI=1S/C6H11/c1-2-4-6-5-3-1/h1H,2-6H2/i1D,2D2,4D. The zero-order valence-corrected chi connectivity index (χ0v) is 3.70. The summed E-state index contributed by atoms with van der Waals surface area (Å²) in [6.45, 7) is 0. The molecule has 0 bridgehead atoms. The van der Waals surface area contributed by atoms with Crippen molar-refractivity contribution in [1.29, 1.82) is 0 Å². The van der Waals surface area contributed by atoms with Crippen LogP contribution in [0.5, 0.6) is 0 Å². The highest BCUT2D eigenvalue weighted by molar-refractivity contribution is 4.69. The van der Waals surface area contributed by atoms with Crippen LogP contribution in [0.2, 0.25) is 0 Å². The molecule has 0 saturated heterocycles. The maximum atomic E-state index is 7.29. The Kier molecular flexibility index (Phi) is 0.556. The topological polar surface area (TPSA) is 0 Å². The third kappa shape index (κ3) is 1.00. The highest BCUT2D eigenvalue weighted by Crippen LogP contribution is 2.14. The van der Waals surface area contributed by atoms with Crippen LogP contribution in [-0.4, -0.2) is 0 Å². The van der Waals surface area contributed by atoms with E-state index in [0.717, 1.165) is 6.42 Å². The van der Waals surface area contributed by atoms with Gasteiger partial charge in [-0.15, -0.1) is 0 Å². The third-order valence-electron chi connectivity index (χ3n) is 0.854. The molecule has 0 nitrogen and oxygen atoms in total. The second-order valence-electron chi connectivity index (χ2n) is 1.42. The summed E-state index contributed by atoms with van der Waals surface area (Å²) in [5.74, 6) is 0. The molecule has 1 atom stereocenters. The van der Waals surface area contributed by atoms with E-state index < -0.39 is 12.8 Å². The first-order valence-electron chi connectivity index (χ1n) is 4.38. The number of hydrogen-bond acceptors (Lipinski definition) is 0. The van der Waals surface area contributed by atoms with Crippen molar-refractivity contribution in [3.05, 3.63) is 6.40 Å². The van der Waals surface area contributed by atoms with Gasteiger partial charge in [0, 0.05) is 5.48 Å². The van der Waals surface area contributed by atoms with E-state index in [9.17, 15) is 0 Å². The Balaban J connectivity index is 2.63. The van der Waals surface area contributed by atoms with Gasteiger partial charge < -0.3 is 0 Å². The molecule has 1 fully saturated rings. The minimum atomic E-state index is -1.65. The van der Waals surface area contributed by atoms with Gasteiger partial charge in [0.1, 0.15) is 0 Å². The van der Waals surface area contributed by atoms with Crippen molar-refractivity contribution in [2.24, 2.45) is 0 Å². The van der Waals surface area contributed by atoms with Crippen molar-refractivity contribution in [2.45, 2.75) is 32.0 Å². The predicted octanol–water partition coefficient (Wildman–Crippen LogP) is 2.15. The first kappa shape index (κ1) is 1.50. The van der Waals surface area contributed by atoms with Crippen LogP contribution in [0.1, 0.15) is 37.5 Å². The van der Waals surface area contributed by atoms with Gasteiger partial charge in [-0.2, -0.15) is 0 Å². The van der Waals surface area contributed by atoms with E-state index in [2.05, 4.69) is 0 Å². The van der Waals surface area contributed by atoms with E-state index in [-0.39, 0.29) is 6.40 Å². The second kappa shape index (κ2) is 2.22. The van der Waals surface area contributed by atoms with Crippen molar-refractivity contribution in [3.63, 3.8) is 0 Å². The lowest BCUT2D eigenvalue weighted by Crippen LogP contribution is -1.87. The normalized spacial score (nSPS) is 57.7. The minimum Gasteiger partial charge on any atom is -0.0533 e. The van der Waals surface area contributed by atoms with Crippen LogP contribution in [-0.2, 0) is 0 Å². The summed E-state index contributed by atoms with van der Waals surface area (Å²) in [5.41, 5.74) is 0. The van der Waals surface area contributed by atoms with Gasteiger partial charge in [-0.3, -0.25) is 0 Å². The summed E-state index contributed by atoms with van der Waals surface area (Å²) in [6.07, 6.45) is -0.352. The molecule has 0 amide bonds. The van der Waals surface area contributed by atoms with Crippen LogP contribution < -0.4 is 0 Å². The zero-order chi connectivity index (χ0) is 7.78. The molecule has 0 spiro atoms. The molecule has 0 aliphatic heterocycles. The zero-order valence-electron chi connectivity index (χ0n) is 7.70. The maximum Gasteiger partial charge on any atom is 0.0306 e. The van der Waals surface area contributed by atoms with Gasteiger partial charge in [0.2, 0.25) is 0 Å². The molecule has 1 rings (SSSR count). The summed E-state index contributed by atoms with van der Waals surface area (Å²) in [4.78, 5) is 0. The van der Waals surface area contributed by atoms with E-state index in [1.807, 2.05) is 0 Å². The van der Waals surface area contributed by atoms with E-state index in [4.69, 9.17) is 5.48 Å². The van der Waals surface area contributed by atoms with Crippen LogP contribution in [0.3, 0.4) is 0 Å². The molecule has 0 heterocycles. The molecule has 1 saturated carbocycles. The van der Waals surface area contributed by atoms with Crippen LogP contribution in [0.25, 0.3) is 0 Å². The average molecular weight is 87.2 g/mol. The van der Waals surface area contributed by atoms with Crippen molar-refractivity contribution < 1.29 is 5.48 Å². The van der Waals surface area contributed by atoms with Gasteiger partial charge in [-0.05, 0) is 6.40 Å². The van der Waals surface area contributed by atoms with Gasteiger partial charge in [0.15, 0.2) is 0 Å². The van der Waals surface area contributed by atoms with Crippen molar-refractivity contribution >= 4 is 0 Å². The fraction of sp³-hybridized carbons (Fsp3) is 0.833. The average Bonchev–Trinajstić information content (AvgIpc) is 1.84. The molecule has 6 heavy (non-hydrogen) atoms. The minimum absolute atomic E-state index is 0.0961. The largest absolute Gasteiger partial charge is 0.0533 e. The second-order valence-corrected chi connectivity index (χ2v) is 1.42. The summed E-state index contributed by atoms with van der Waals surface area (Å²) in [7, 11) is 0. The van der Waals surface area contributed by atoms with E-state index in [1.54, 1.807) is 0 Å². The molecule has 0 aromatic carbocycles. The van der Waals surface area contributed by atoms with E-state index >= 15 is 0 Å². The van der Waals surface area contributed by atoms with Gasteiger partial charge in [-0.25, -0.2) is 0 Å². The Bertz CT molecular complexity index is 111. The summed E-state index contributed by atoms with van der Waals surface area (Å²) in [5, 5.41) is 0. The molecule has 1 radical (unpaired) electrons. The molecule has 1 aliphatic carbocycles. The highest BCUT2D eigenvalue weighted by atomic mass is 14.0. The summed E-state index contributed by atoms with van der Waals surface area (Å²) in [6, 6.07) is 0. The van der Waals surface area contributed by atoms with Gasteiger partial charge in [0.05, 0.1) is 0 Å². The van der Waals surface area contributed by atoms with E-state index in [1.165, 1.54) is 0 Å². The Morgan fingerprint density at radius 1 is 1.67 bits per heavy atom. The predicted molar refractivity (Wildman–Crippen MR) is 27.4 cm³/mol. The summed E-state index contributed by atoms with van der Waals surface area (Å²) < 4.78 is 29.1. The van der Waals surface area contributed by atoms with Crippen LogP contribution >= 0.6 is 0 Å². The molecule has 1 unspecified atom stereocenters. The fourth-order valence-corrected chi connectivity index (χ4v) is 0.509. The number of rotatable bonds is 0. The Labute approximate surface area is 45.2 Å². The molecule has 35 valence electrons.